The predicted molar refractivity (Wildman–Crippen MR) is 91.5 cm³/mol. The first-order valence-corrected chi connectivity index (χ1v) is 7.54. The Kier molecular flexibility index (Phi) is 2.91. The summed E-state index contributed by atoms with van der Waals surface area (Å²) < 4.78 is 1.96. The largest absolute Gasteiger partial charge is 0.339 e. The second-order valence-electron chi connectivity index (χ2n) is 5.55. The van der Waals surface area contributed by atoms with E-state index in [0.29, 0.717) is 5.69 Å². The number of pyridine rings is 1. The van der Waals surface area contributed by atoms with E-state index in [1.165, 1.54) is 0 Å². The smallest absolute Gasteiger partial charge is 0.188 e. The maximum absolute atomic E-state index is 7.16. The third kappa shape index (κ3) is 2.08. The Bertz CT molecular complexity index is 1080. The zero-order valence-electron chi connectivity index (χ0n) is 13.0. The van der Waals surface area contributed by atoms with Gasteiger partial charge in [0.15, 0.2) is 5.69 Å². The molecule has 3 aromatic heterocycles. The zero-order valence-corrected chi connectivity index (χ0v) is 13.0. The van der Waals surface area contributed by atoms with Crippen LogP contribution in [0.4, 0.5) is 5.69 Å². The lowest BCUT2D eigenvalue weighted by Gasteiger charge is -2.03. The lowest BCUT2D eigenvalue weighted by Crippen LogP contribution is -2.00. The number of benzene rings is 1. The molecule has 0 aliphatic heterocycles. The number of H-pyrrole nitrogens is 1. The highest BCUT2D eigenvalue weighted by atomic mass is 15.3. The van der Waals surface area contributed by atoms with Gasteiger partial charge in [0.2, 0.25) is 0 Å². The van der Waals surface area contributed by atoms with Crippen LogP contribution in [0.5, 0.6) is 0 Å². The Balaban J connectivity index is 1.94. The molecule has 0 saturated heterocycles. The Hall–Kier alpha value is -3.13. The van der Waals surface area contributed by atoms with Crippen LogP contribution in [0.15, 0.2) is 36.4 Å². The van der Waals surface area contributed by atoms with E-state index in [0.717, 1.165) is 45.6 Å². The highest BCUT2D eigenvalue weighted by Gasteiger charge is 2.11. The Morgan fingerprint density at radius 1 is 1.17 bits per heavy atom. The van der Waals surface area contributed by atoms with Crippen LogP contribution in [-0.2, 0) is 6.54 Å². The summed E-state index contributed by atoms with van der Waals surface area (Å²) in [6, 6.07) is 11.8. The monoisotopic (exact) mass is 301 g/mol. The van der Waals surface area contributed by atoms with Gasteiger partial charge in [0.1, 0.15) is 5.65 Å². The maximum atomic E-state index is 7.16. The standard InChI is InChI=1S/C18H15N5/c1-4-23-17(9-11(2)22-23)16-8-6-13-14-10-12(19-3)5-7-15(14)20-18(13)21-16/h5-10H,4H2,1-2H3,(H,20,21). The van der Waals surface area contributed by atoms with E-state index in [4.69, 9.17) is 11.6 Å². The number of aryl methyl sites for hydroxylation is 2. The van der Waals surface area contributed by atoms with E-state index in [1.807, 2.05) is 35.9 Å². The number of nitrogens with zero attached hydrogens (tertiary/aromatic N) is 4. The Morgan fingerprint density at radius 3 is 2.83 bits per heavy atom. The van der Waals surface area contributed by atoms with Crippen molar-refractivity contribution in [3.63, 3.8) is 0 Å². The minimum atomic E-state index is 0.641. The van der Waals surface area contributed by atoms with E-state index in [9.17, 15) is 0 Å². The van der Waals surface area contributed by atoms with E-state index < -0.39 is 0 Å². The molecule has 5 nitrogen and oxygen atoms in total. The van der Waals surface area contributed by atoms with E-state index in [1.54, 1.807) is 0 Å². The van der Waals surface area contributed by atoms with Crippen LogP contribution in [0.3, 0.4) is 0 Å². The van der Waals surface area contributed by atoms with Gasteiger partial charge in [-0.05, 0) is 49.6 Å². The number of hydrogen-bond acceptors (Lipinski definition) is 2. The molecule has 23 heavy (non-hydrogen) atoms. The molecule has 0 amide bonds. The van der Waals surface area contributed by atoms with Gasteiger partial charge in [-0.2, -0.15) is 5.10 Å². The van der Waals surface area contributed by atoms with Gasteiger partial charge in [0.05, 0.1) is 23.7 Å². The molecule has 1 N–H and O–H groups in total. The summed E-state index contributed by atoms with van der Waals surface area (Å²) >= 11 is 0. The van der Waals surface area contributed by atoms with E-state index >= 15 is 0 Å². The molecule has 5 heteroatoms. The normalized spacial score (nSPS) is 11.2. The Labute approximate surface area is 133 Å². The quantitative estimate of drug-likeness (QED) is 0.556. The molecule has 4 rings (SSSR count). The first kappa shape index (κ1) is 13.5. The average Bonchev–Trinajstić information content (AvgIpc) is 3.13. The molecule has 0 atom stereocenters. The number of nitrogens with one attached hydrogen (secondary N) is 1. The number of aromatic amines is 1. The molecule has 0 unspecified atom stereocenters. The van der Waals surface area contributed by atoms with Gasteiger partial charge < -0.3 is 4.98 Å². The number of aromatic nitrogens is 4. The van der Waals surface area contributed by atoms with Crippen molar-refractivity contribution in [3.05, 3.63) is 53.5 Å². The van der Waals surface area contributed by atoms with E-state index in [2.05, 4.69) is 34.0 Å². The molecule has 0 aliphatic rings. The van der Waals surface area contributed by atoms with E-state index in [-0.39, 0.29) is 0 Å². The van der Waals surface area contributed by atoms with Gasteiger partial charge in [-0.3, -0.25) is 4.68 Å². The van der Waals surface area contributed by atoms with Crippen molar-refractivity contribution in [1.29, 1.82) is 0 Å². The number of hydrogen-bond donors (Lipinski definition) is 1. The van der Waals surface area contributed by atoms with Gasteiger partial charge in [0.25, 0.3) is 0 Å². The van der Waals surface area contributed by atoms with Crippen molar-refractivity contribution >= 4 is 27.6 Å². The van der Waals surface area contributed by atoms with Crippen LogP contribution in [0, 0.1) is 13.5 Å². The molecule has 0 spiro atoms. The molecular weight excluding hydrogens is 286 g/mol. The van der Waals surface area contributed by atoms with Crippen molar-refractivity contribution in [3.8, 4) is 11.4 Å². The first-order valence-electron chi connectivity index (χ1n) is 7.54. The summed E-state index contributed by atoms with van der Waals surface area (Å²) in [6.07, 6.45) is 0. The third-order valence-electron chi connectivity index (χ3n) is 4.03. The van der Waals surface area contributed by atoms with Crippen LogP contribution < -0.4 is 0 Å². The molecule has 0 saturated carbocycles. The fourth-order valence-corrected chi connectivity index (χ4v) is 2.97. The second-order valence-corrected chi connectivity index (χ2v) is 5.55. The molecule has 4 aromatic rings. The first-order chi connectivity index (χ1) is 11.2. The number of fused-ring (bicyclic) bond motifs is 3. The summed E-state index contributed by atoms with van der Waals surface area (Å²) in [5, 5.41) is 6.55. The lowest BCUT2D eigenvalue weighted by molar-refractivity contribution is 0.659. The molecule has 1 aromatic carbocycles. The number of rotatable bonds is 2. The minimum Gasteiger partial charge on any atom is -0.339 e. The van der Waals surface area contributed by atoms with Crippen LogP contribution in [0.1, 0.15) is 12.6 Å². The van der Waals surface area contributed by atoms with Crippen molar-refractivity contribution in [2.45, 2.75) is 20.4 Å². The molecule has 0 bridgehead atoms. The summed E-state index contributed by atoms with van der Waals surface area (Å²) in [6.45, 7) is 12.0. The van der Waals surface area contributed by atoms with Crippen LogP contribution in [-0.4, -0.2) is 19.7 Å². The van der Waals surface area contributed by atoms with Gasteiger partial charge in [-0.1, -0.05) is 6.07 Å². The fraction of sp³-hybridized carbons (Fsp3) is 0.167. The van der Waals surface area contributed by atoms with Crippen LogP contribution in [0.2, 0.25) is 0 Å². The molecular formula is C18H15N5. The molecule has 0 fully saturated rings. The summed E-state index contributed by atoms with van der Waals surface area (Å²) in [5.41, 5.74) is 5.38. The summed E-state index contributed by atoms with van der Waals surface area (Å²) in [4.78, 5) is 11.6. The van der Waals surface area contributed by atoms with Crippen molar-refractivity contribution in [2.24, 2.45) is 0 Å². The van der Waals surface area contributed by atoms with Crippen molar-refractivity contribution < 1.29 is 0 Å². The molecule has 112 valence electrons. The molecule has 0 aliphatic carbocycles. The highest BCUT2D eigenvalue weighted by molar-refractivity contribution is 6.07. The van der Waals surface area contributed by atoms with Gasteiger partial charge >= 0.3 is 0 Å². The molecule has 0 radical (unpaired) electrons. The molecule has 3 heterocycles. The van der Waals surface area contributed by atoms with Crippen molar-refractivity contribution in [2.75, 3.05) is 0 Å². The topological polar surface area (TPSA) is 50.9 Å². The third-order valence-corrected chi connectivity index (χ3v) is 4.03. The van der Waals surface area contributed by atoms with Gasteiger partial charge in [-0.25, -0.2) is 9.83 Å². The second kappa shape index (κ2) is 4.96. The fourth-order valence-electron chi connectivity index (χ4n) is 2.97. The summed E-state index contributed by atoms with van der Waals surface area (Å²) in [7, 11) is 0. The van der Waals surface area contributed by atoms with Crippen LogP contribution >= 0.6 is 0 Å². The van der Waals surface area contributed by atoms with Crippen molar-refractivity contribution in [1.82, 2.24) is 19.7 Å². The van der Waals surface area contributed by atoms with Gasteiger partial charge in [-0.15, -0.1) is 0 Å². The Morgan fingerprint density at radius 2 is 2.04 bits per heavy atom. The lowest BCUT2D eigenvalue weighted by atomic mass is 10.1. The zero-order chi connectivity index (χ0) is 16.0. The van der Waals surface area contributed by atoms with Gasteiger partial charge in [0, 0.05) is 17.4 Å². The summed E-state index contributed by atoms with van der Waals surface area (Å²) in [5.74, 6) is 0. The maximum Gasteiger partial charge on any atom is 0.188 e. The predicted octanol–water partition coefficient (Wildman–Crippen LogP) is 4.46. The van der Waals surface area contributed by atoms with Crippen LogP contribution in [0.25, 0.3) is 38.2 Å². The SMILES string of the molecule is [C-]#[N+]c1ccc2[nH]c3nc(-c4cc(C)nn4CC)ccc3c2c1. The minimum absolute atomic E-state index is 0.641. The highest BCUT2D eigenvalue weighted by Crippen LogP contribution is 2.30. The average molecular weight is 301 g/mol.